The maximum absolute atomic E-state index is 9.15. The number of aryl methyl sites for hydroxylation is 3. The van der Waals surface area contributed by atoms with Crippen LogP contribution in [-0.2, 0) is 0 Å². The third-order valence-electron chi connectivity index (χ3n) is 2.58. The number of hydrogen-bond donors (Lipinski definition) is 0. The molecule has 4 nitrogen and oxygen atoms in total. The Kier molecular flexibility index (Phi) is 3.24. The molecule has 0 unspecified atom stereocenters. The van der Waals surface area contributed by atoms with Gasteiger partial charge in [0.15, 0.2) is 0 Å². The summed E-state index contributed by atoms with van der Waals surface area (Å²) in [5.41, 5.74) is 2.74. The summed E-state index contributed by atoms with van der Waals surface area (Å²) in [5.74, 6) is 1.18. The van der Waals surface area contributed by atoms with Crippen molar-refractivity contribution in [1.82, 2.24) is 9.97 Å². The van der Waals surface area contributed by atoms with E-state index >= 15 is 0 Å². The second kappa shape index (κ2) is 4.84. The molecular weight excluding hydrogens is 226 g/mol. The molecule has 2 aromatic heterocycles. The molecular formula is C14H13N3O. The average Bonchev–Trinajstić information content (AvgIpc) is 2.31. The number of ether oxygens (including phenoxy) is 1. The lowest BCUT2D eigenvalue weighted by Crippen LogP contribution is -1.97. The van der Waals surface area contributed by atoms with Crippen molar-refractivity contribution in [2.24, 2.45) is 0 Å². The van der Waals surface area contributed by atoms with E-state index in [0.29, 0.717) is 22.8 Å². The van der Waals surface area contributed by atoms with Crippen LogP contribution in [0.4, 0.5) is 0 Å². The van der Waals surface area contributed by atoms with Crippen molar-refractivity contribution < 1.29 is 4.74 Å². The van der Waals surface area contributed by atoms with Gasteiger partial charge in [0.2, 0.25) is 0 Å². The molecule has 2 heterocycles. The van der Waals surface area contributed by atoms with Gasteiger partial charge in [-0.3, -0.25) is 9.97 Å². The zero-order valence-corrected chi connectivity index (χ0v) is 10.6. The van der Waals surface area contributed by atoms with Crippen LogP contribution in [0.1, 0.15) is 22.6 Å². The highest BCUT2D eigenvalue weighted by atomic mass is 16.5. The molecule has 2 rings (SSSR count). The van der Waals surface area contributed by atoms with Gasteiger partial charge in [0.25, 0.3) is 0 Å². The highest BCUT2D eigenvalue weighted by Crippen LogP contribution is 2.28. The van der Waals surface area contributed by atoms with Gasteiger partial charge in [-0.1, -0.05) is 0 Å². The van der Waals surface area contributed by atoms with Crippen LogP contribution in [0.2, 0.25) is 0 Å². The Morgan fingerprint density at radius 3 is 2.61 bits per heavy atom. The van der Waals surface area contributed by atoms with Crippen molar-refractivity contribution in [1.29, 1.82) is 5.26 Å². The molecule has 0 aromatic carbocycles. The third-order valence-corrected chi connectivity index (χ3v) is 2.58. The second-order valence-corrected chi connectivity index (χ2v) is 4.02. The number of rotatable bonds is 2. The zero-order chi connectivity index (χ0) is 13.1. The van der Waals surface area contributed by atoms with Gasteiger partial charge in [-0.05, 0) is 32.9 Å². The maximum atomic E-state index is 9.15. The zero-order valence-electron chi connectivity index (χ0n) is 10.6. The van der Waals surface area contributed by atoms with E-state index in [0.717, 1.165) is 11.4 Å². The van der Waals surface area contributed by atoms with Crippen molar-refractivity contribution in [3.8, 4) is 17.6 Å². The predicted octanol–water partition coefficient (Wildman–Crippen LogP) is 3.07. The van der Waals surface area contributed by atoms with E-state index in [1.807, 2.05) is 19.9 Å². The summed E-state index contributed by atoms with van der Waals surface area (Å²) in [6.45, 7) is 5.54. The molecule has 0 aliphatic carbocycles. The van der Waals surface area contributed by atoms with Crippen LogP contribution in [0.25, 0.3) is 0 Å². The molecule has 18 heavy (non-hydrogen) atoms. The van der Waals surface area contributed by atoms with Crippen molar-refractivity contribution in [2.75, 3.05) is 0 Å². The van der Waals surface area contributed by atoms with E-state index in [-0.39, 0.29) is 0 Å². The van der Waals surface area contributed by atoms with Gasteiger partial charge in [-0.25, -0.2) is 0 Å². The SMILES string of the molecule is Cc1cc(Oc2cccnc2C)c(C#N)c(C)n1. The molecule has 0 atom stereocenters. The van der Waals surface area contributed by atoms with Crippen LogP contribution >= 0.6 is 0 Å². The lowest BCUT2D eigenvalue weighted by molar-refractivity contribution is 0.472. The topological polar surface area (TPSA) is 58.8 Å². The second-order valence-electron chi connectivity index (χ2n) is 4.02. The third kappa shape index (κ3) is 2.30. The normalized spacial score (nSPS) is 9.89. The Labute approximate surface area is 106 Å². The average molecular weight is 239 g/mol. The van der Waals surface area contributed by atoms with Crippen LogP contribution in [0.15, 0.2) is 24.4 Å². The van der Waals surface area contributed by atoms with E-state index < -0.39 is 0 Å². The van der Waals surface area contributed by atoms with Gasteiger partial charge in [0.05, 0.1) is 11.4 Å². The Morgan fingerprint density at radius 1 is 1.17 bits per heavy atom. The number of pyridine rings is 2. The van der Waals surface area contributed by atoms with Gasteiger partial charge < -0.3 is 4.74 Å². The summed E-state index contributed by atoms with van der Waals surface area (Å²) in [4.78, 5) is 8.40. The lowest BCUT2D eigenvalue weighted by atomic mass is 10.2. The van der Waals surface area contributed by atoms with Gasteiger partial charge >= 0.3 is 0 Å². The number of hydrogen-bond acceptors (Lipinski definition) is 4. The van der Waals surface area contributed by atoms with E-state index in [2.05, 4.69) is 16.0 Å². The molecule has 0 amide bonds. The highest BCUT2D eigenvalue weighted by molar-refractivity contribution is 5.48. The first-order valence-corrected chi connectivity index (χ1v) is 5.59. The summed E-state index contributed by atoms with van der Waals surface area (Å²) >= 11 is 0. The quantitative estimate of drug-likeness (QED) is 0.808. The first-order chi connectivity index (χ1) is 8.61. The largest absolute Gasteiger partial charge is 0.454 e. The smallest absolute Gasteiger partial charge is 0.148 e. The Balaban J connectivity index is 2.47. The van der Waals surface area contributed by atoms with E-state index in [9.17, 15) is 0 Å². The molecule has 0 bridgehead atoms. The van der Waals surface area contributed by atoms with Crippen LogP contribution in [0, 0.1) is 32.1 Å². The van der Waals surface area contributed by atoms with E-state index in [4.69, 9.17) is 10.00 Å². The Hall–Kier alpha value is -2.41. The van der Waals surface area contributed by atoms with Crippen molar-refractivity contribution in [3.05, 3.63) is 47.0 Å². The van der Waals surface area contributed by atoms with Gasteiger partial charge in [-0.15, -0.1) is 0 Å². The molecule has 0 spiro atoms. The van der Waals surface area contributed by atoms with Gasteiger partial charge in [0, 0.05) is 18.0 Å². The maximum Gasteiger partial charge on any atom is 0.148 e. The fraction of sp³-hybridized carbons (Fsp3) is 0.214. The first kappa shape index (κ1) is 12.1. The Bertz CT molecular complexity index is 629. The number of nitriles is 1. The van der Waals surface area contributed by atoms with Crippen molar-refractivity contribution in [3.63, 3.8) is 0 Å². The van der Waals surface area contributed by atoms with Gasteiger partial charge in [-0.2, -0.15) is 5.26 Å². The summed E-state index contributed by atoms with van der Waals surface area (Å²) in [6.07, 6.45) is 1.70. The summed E-state index contributed by atoms with van der Waals surface area (Å²) in [6, 6.07) is 7.51. The molecule has 0 fully saturated rings. The molecule has 0 radical (unpaired) electrons. The van der Waals surface area contributed by atoms with Crippen molar-refractivity contribution in [2.45, 2.75) is 20.8 Å². The van der Waals surface area contributed by atoms with E-state index in [1.165, 1.54) is 0 Å². The molecule has 0 aliphatic rings. The molecule has 0 saturated carbocycles. The Morgan fingerprint density at radius 2 is 1.94 bits per heavy atom. The minimum Gasteiger partial charge on any atom is -0.454 e. The molecule has 90 valence electrons. The van der Waals surface area contributed by atoms with E-state index in [1.54, 1.807) is 25.3 Å². The number of nitrogens with zero attached hydrogens (tertiary/aromatic N) is 3. The monoisotopic (exact) mass is 239 g/mol. The predicted molar refractivity (Wildman–Crippen MR) is 67.5 cm³/mol. The minimum absolute atomic E-state index is 0.462. The fourth-order valence-corrected chi connectivity index (χ4v) is 1.71. The minimum atomic E-state index is 0.462. The standard InChI is InChI=1S/C14H13N3O/c1-9-7-14(12(8-15)10(2)17-9)18-13-5-4-6-16-11(13)3/h4-7H,1-3H3. The fourth-order valence-electron chi connectivity index (χ4n) is 1.71. The highest BCUT2D eigenvalue weighted by Gasteiger charge is 2.11. The van der Waals surface area contributed by atoms with Crippen LogP contribution in [0.3, 0.4) is 0 Å². The molecule has 0 N–H and O–H groups in total. The molecule has 2 aromatic rings. The van der Waals surface area contributed by atoms with Crippen LogP contribution in [-0.4, -0.2) is 9.97 Å². The molecule has 0 saturated heterocycles. The van der Waals surface area contributed by atoms with Crippen molar-refractivity contribution >= 4 is 0 Å². The van der Waals surface area contributed by atoms with Crippen LogP contribution < -0.4 is 4.74 Å². The first-order valence-electron chi connectivity index (χ1n) is 5.59. The number of aromatic nitrogens is 2. The summed E-state index contributed by atoms with van der Waals surface area (Å²) < 4.78 is 5.77. The molecule has 0 aliphatic heterocycles. The summed E-state index contributed by atoms with van der Waals surface area (Å²) in [7, 11) is 0. The summed E-state index contributed by atoms with van der Waals surface area (Å²) in [5, 5.41) is 9.15. The lowest BCUT2D eigenvalue weighted by Gasteiger charge is -2.11. The van der Waals surface area contributed by atoms with Crippen LogP contribution in [0.5, 0.6) is 11.5 Å². The van der Waals surface area contributed by atoms with Gasteiger partial charge in [0.1, 0.15) is 23.1 Å². The molecule has 4 heteroatoms.